The van der Waals surface area contributed by atoms with Crippen molar-refractivity contribution in [2.75, 3.05) is 13.6 Å². The topological polar surface area (TPSA) is 72.7 Å². The minimum atomic E-state index is -0.541. The van der Waals surface area contributed by atoms with Crippen molar-refractivity contribution in [1.82, 2.24) is 4.90 Å². The number of carbonyl (C=O) groups is 1. The Morgan fingerprint density at radius 3 is 2.81 bits per heavy atom. The number of rotatable bonds is 3. The van der Waals surface area contributed by atoms with Gasteiger partial charge in [-0.2, -0.15) is 0 Å². The number of non-ortho nitro benzene ring substituents is 1. The molecule has 16 heavy (non-hydrogen) atoms. The molecule has 0 unspecified atom stereocenters. The average molecular weight is 224 g/mol. The van der Waals surface area contributed by atoms with Gasteiger partial charge in [0.05, 0.1) is 11.0 Å². The summed E-state index contributed by atoms with van der Waals surface area (Å²) in [6, 6.07) is 5.50. The van der Waals surface area contributed by atoms with Gasteiger partial charge in [0, 0.05) is 19.7 Å². The van der Waals surface area contributed by atoms with Gasteiger partial charge in [-0.05, 0) is 13.0 Å². The van der Waals surface area contributed by atoms with Crippen LogP contribution >= 0.6 is 0 Å². The van der Waals surface area contributed by atoms with E-state index in [2.05, 4.69) is 0 Å². The fourth-order valence-corrected chi connectivity index (χ4v) is 0.968. The molecular formula is C10H12N2O4. The second kappa shape index (κ2) is 5.11. The van der Waals surface area contributed by atoms with Gasteiger partial charge in [-0.15, -0.1) is 0 Å². The van der Waals surface area contributed by atoms with E-state index in [0.717, 1.165) is 0 Å². The zero-order valence-electron chi connectivity index (χ0n) is 9.04. The summed E-state index contributed by atoms with van der Waals surface area (Å²) < 4.78 is 4.94. The first-order chi connectivity index (χ1) is 7.54. The SMILES string of the molecule is CCN(C)C(=O)Oc1cccc([N+](=O)[O-])c1. The highest BCUT2D eigenvalue weighted by Crippen LogP contribution is 2.19. The van der Waals surface area contributed by atoms with E-state index in [4.69, 9.17) is 4.74 Å². The van der Waals surface area contributed by atoms with Crippen LogP contribution in [0, 0.1) is 10.1 Å². The van der Waals surface area contributed by atoms with E-state index in [1.54, 1.807) is 14.0 Å². The molecule has 0 aliphatic carbocycles. The lowest BCUT2D eigenvalue weighted by Crippen LogP contribution is -2.29. The summed E-state index contributed by atoms with van der Waals surface area (Å²) in [4.78, 5) is 22.7. The molecule has 86 valence electrons. The summed E-state index contributed by atoms with van der Waals surface area (Å²) >= 11 is 0. The summed E-state index contributed by atoms with van der Waals surface area (Å²) in [7, 11) is 1.58. The first-order valence-corrected chi connectivity index (χ1v) is 4.72. The number of benzene rings is 1. The van der Waals surface area contributed by atoms with Crippen LogP contribution in [0.3, 0.4) is 0 Å². The average Bonchev–Trinajstić information content (AvgIpc) is 2.28. The van der Waals surface area contributed by atoms with Crippen molar-refractivity contribution in [3.05, 3.63) is 34.4 Å². The Labute approximate surface area is 92.6 Å². The van der Waals surface area contributed by atoms with Gasteiger partial charge < -0.3 is 9.64 Å². The van der Waals surface area contributed by atoms with Crippen LogP contribution in [-0.2, 0) is 0 Å². The normalized spacial score (nSPS) is 9.62. The molecule has 1 rings (SSSR count). The number of nitro groups is 1. The predicted octanol–water partition coefficient (Wildman–Crippen LogP) is 2.05. The fraction of sp³-hybridized carbons (Fsp3) is 0.300. The molecule has 6 nitrogen and oxygen atoms in total. The van der Waals surface area contributed by atoms with Gasteiger partial charge in [0.25, 0.3) is 5.69 Å². The molecule has 0 aliphatic rings. The minimum Gasteiger partial charge on any atom is -0.410 e. The highest BCUT2D eigenvalue weighted by Gasteiger charge is 2.12. The number of carbonyl (C=O) groups excluding carboxylic acids is 1. The van der Waals surface area contributed by atoms with Crippen molar-refractivity contribution in [3.8, 4) is 5.75 Å². The van der Waals surface area contributed by atoms with E-state index in [9.17, 15) is 14.9 Å². The van der Waals surface area contributed by atoms with Crippen LogP contribution < -0.4 is 4.74 Å². The molecular weight excluding hydrogens is 212 g/mol. The van der Waals surface area contributed by atoms with Gasteiger partial charge in [-0.25, -0.2) is 4.79 Å². The predicted molar refractivity (Wildman–Crippen MR) is 57.4 cm³/mol. The molecule has 6 heteroatoms. The Bertz CT molecular complexity index is 406. The molecule has 0 bridgehead atoms. The Balaban J connectivity index is 2.78. The van der Waals surface area contributed by atoms with Crippen molar-refractivity contribution in [2.24, 2.45) is 0 Å². The van der Waals surface area contributed by atoms with E-state index in [0.29, 0.717) is 6.54 Å². The maximum absolute atomic E-state index is 11.4. The van der Waals surface area contributed by atoms with Crippen LogP contribution in [0.2, 0.25) is 0 Å². The van der Waals surface area contributed by atoms with Gasteiger partial charge in [0.1, 0.15) is 5.75 Å². The van der Waals surface area contributed by atoms with Crippen molar-refractivity contribution in [1.29, 1.82) is 0 Å². The Hall–Kier alpha value is -2.11. The van der Waals surface area contributed by atoms with E-state index >= 15 is 0 Å². The summed E-state index contributed by atoms with van der Waals surface area (Å²) in [5, 5.41) is 10.5. The number of nitro benzene ring substituents is 1. The monoisotopic (exact) mass is 224 g/mol. The second-order valence-electron chi connectivity index (χ2n) is 3.14. The summed E-state index contributed by atoms with van der Waals surface area (Å²) in [5.41, 5.74) is -0.107. The third kappa shape index (κ3) is 2.94. The van der Waals surface area contributed by atoms with Crippen LogP contribution in [0.25, 0.3) is 0 Å². The van der Waals surface area contributed by atoms with Gasteiger partial charge >= 0.3 is 6.09 Å². The Kier molecular flexibility index (Phi) is 3.82. The summed E-state index contributed by atoms with van der Waals surface area (Å²) in [5.74, 6) is 0.166. The van der Waals surface area contributed by atoms with Gasteiger partial charge in [0.2, 0.25) is 0 Å². The van der Waals surface area contributed by atoms with Gasteiger partial charge in [0.15, 0.2) is 0 Å². The van der Waals surface area contributed by atoms with Crippen LogP contribution in [0.5, 0.6) is 5.75 Å². The molecule has 0 spiro atoms. The molecule has 0 N–H and O–H groups in total. The number of amides is 1. The van der Waals surface area contributed by atoms with E-state index in [1.807, 2.05) is 0 Å². The fourth-order valence-electron chi connectivity index (χ4n) is 0.968. The highest BCUT2D eigenvalue weighted by atomic mass is 16.6. The summed E-state index contributed by atoms with van der Waals surface area (Å²) in [6.07, 6.45) is -0.539. The third-order valence-electron chi connectivity index (χ3n) is 2.02. The highest BCUT2D eigenvalue weighted by molar-refractivity contribution is 5.70. The Morgan fingerprint density at radius 1 is 1.56 bits per heavy atom. The minimum absolute atomic E-state index is 0.107. The molecule has 1 aromatic rings. The number of nitrogens with zero attached hydrogens (tertiary/aromatic N) is 2. The lowest BCUT2D eigenvalue weighted by Gasteiger charge is -2.13. The van der Waals surface area contributed by atoms with Crippen molar-refractivity contribution in [3.63, 3.8) is 0 Å². The molecule has 0 radical (unpaired) electrons. The van der Waals surface area contributed by atoms with Crippen LogP contribution in [0.4, 0.5) is 10.5 Å². The molecule has 0 aliphatic heterocycles. The molecule has 1 amide bonds. The molecule has 1 aromatic carbocycles. The number of ether oxygens (including phenoxy) is 1. The molecule has 0 saturated heterocycles. The lowest BCUT2D eigenvalue weighted by atomic mass is 10.3. The molecule has 0 saturated carbocycles. The Morgan fingerprint density at radius 2 is 2.25 bits per heavy atom. The first kappa shape index (κ1) is 12.0. The number of hydrogen-bond acceptors (Lipinski definition) is 4. The van der Waals surface area contributed by atoms with E-state index in [-0.39, 0.29) is 11.4 Å². The molecule has 0 fully saturated rings. The van der Waals surface area contributed by atoms with E-state index in [1.165, 1.54) is 29.2 Å². The first-order valence-electron chi connectivity index (χ1n) is 4.72. The van der Waals surface area contributed by atoms with Crippen LogP contribution in [0.1, 0.15) is 6.92 Å². The smallest absolute Gasteiger partial charge is 0.410 e. The quantitative estimate of drug-likeness (QED) is 0.581. The zero-order chi connectivity index (χ0) is 12.1. The van der Waals surface area contributed by atoms with Gasteiger partial charge in [-0.3, -0.25) is 10.1 Å². The summed E-state index contributed by atoms with van der Waals surface area (Å²) in [6.45, 7) is 2.31. The third-order valence-corrected chi connectivity index (χ3v) is 2.02. The maximum atomic E-state index is 11.4. The largest absolute Gasteiger partial charge is 0.414 e. The molecule has 0 heterocycles. The zero-order valence-corrected chi connectivity index (χ0v) is 9.04. The van der Waals surface area contributed by atoms with Gasteiger partial charge in [-0.1, -0.05) is 6.07 Å². The lowest BCUT2D eigenvalue weighted by molar-refractivity contribution is -0.384. The van der Waals surface area contributed by atoms with Crippen molar-refractivity contribution in [2.45, 2.75) is 6.92 Å². The van der Waals surface area contributed by atoms with Crippen molar-refractivity contribution < 1.29 is 14.5 Å². The van der Waals surface area contributed by atoms with Crippen LogP contribution in [0.15, 0.2) is 24.3 Å². The standard InChI is InChI=1S/C10H12N2O4/c1-3-11(2)10(13)16-9-6-4-5-8(7-9)12(14)15/h4-7H,3H2,1-2H3. The van der Waals surface area contributed by atoms with Crippen LogP contribution in [-0.4, -0.2) is 29.5 Å². The van der Waals surface area contributed by atoms with Crippen molar-refractivity contribution >= 4 is 11.8 Å². The molecule has 0 atom stereocenters. The maximum Gasteiger partial charge on any atom is 0.414 e. The second-order valence-corrected chi connectivity index (χ2v) is 3.14. The van der Waals surface area contributed by atoms with E-state index < -0.39 is 11.0 Å². The molecule has 0 aromatic heterocycles. The number of hydrogen-bond donors (Lipinski definition) is 0.